The first-order chi connectivity index (χ1) is 8.56. The van der Waals surface area contributed by atoms with Crippen molar-refractivity contribution in [2.75, 3.05) is 6.54 Å². The van der Waals surface area contributed by atoms with Crippen molar-refractivity contribution >= 4 is 5.91 Å². The minimum atomic E-state index is -1.67. The number of halogens is 3. The SMILES string of the molecule is N#CC1CCCN1C(=O)c1ccc(F)c(F)c1F. The van der Waals surface area contributed by atoms with E-state index in [-0.39, 0.29) is 0 Å². The summed E-state index contributed by atoms with van der Waals surface area (Å²) in [6, 6.07) is 2.88. The molecule has 6 heteroatoms. The summed E-state index contributed by atoms with van der Waals surface area (Å²) in [5.41, 5.74) is -0.545. The van der Waals surface area contributed by atoms with E-state index in [0.717, 1.165) is 6.07 Å². The van der Waals surface area contributed by atoms with Crippen LogP contribution in [0.1, 0.15) is 23.2 Å². The van der Waals surface area contributed by atoms with Crippen LogP contribution in [-0.4, -0.2) is 23.4 Å². The highest BCUT2D eigenvalue weighted by Gasteiger charge is 2.31. The number of rotatable bonds is 1. The molecule has 1 aliphatic heterocycles. The van der Waals surface area contributed by atoms with Crippen molar-refractivity contribution in [3.8, 4) is 6.07 Å². The van der Waals surface area contributed by atoms with Crippen LogP contribution < -0.4 is 0 Å². The fourth-order valence-corrected chi connectivity index (χ4v) is 1.99. The number of nitrogens with zero attached hydrogens (tertiary/aromatic N) is 2. The lowest BCUT2D eigenvalue weighted by atomic mass is 10.1. The smallest absolute Gasteiger partial charge is 0.258 e. The van der Waals surface area contributed by atoms with E-state index in [9.17, 15) is 18.0 Å². The van der Waals surface area contributed by atoms with Gasteiger partial charge in [-0.1, -0.05) is 0 Å². The summed E-state index contributed by atoms with van der Waals surface area (Å²) in [4.78, 5) is 13.1. The highest BCUT2D eigenvalue weighted by molar-refractivity contribution is 5.95. The molecule has 94 valence electrons. The van der Waals surface area contributed by atoms with Gasteiger partial charge < -0.3 is 4.90 Å². The van der Waals surface area contributed by atoms with Crippen molar-refractivity contribution in [3.63, 3.8) is 0 Å². The maximum Gasteiger partial charge on any atom is 0.258 e. The van der Waals surface area contributed by atoms with Gasteiger partial charge in [-0.25, -0.2) is 13.2 Å². The normalized spacial score (nSPS) is 18.8. The van der Waals surface area contributed by atoms with E-state index >= 15 is 0 Å². The Morgan fingerprint density at radius 2 is 2.06 bits per heavy atom. The minimum Gasteiger partial charge on any atom is -0.323 e. The summed E-state index contributed by atoms with van der Waals surface area (Å²) >= 11 is 0. The van der Waals surface area contributed by atoms with Gasteiger partial charge in [0.15, 0.2) is 17.5 Å². The number of carbonyl (C=O) groups excluding carboxylic acids is 1. The van der Waals surface area contributed by atoms with Gasteiger partial charge in [-0.2, -0.15) is 5.26 Å². The van der Waals surface area contributed by atoms with Crippen LogP contribution in [0.3, 0.4) is 0 Å². The van der Waals surface area contributed by atoms with Gasteiger partial charge in [0.05, 0.1) is 11.6 Å². The van der Waals surface area contributed by atoms with E-state index in [1.54, 1.807) is 0 Å². The van der Waals surface area contributed by atoms with E-state index in [4.69, 9.17) is 5.26 Å². The van der Waals surface area contributed by atoms with Gasteiger partial charge in [0.1, 0.15) is 6.04 Å². The number of amides is 1. The molecule has 0 radical (unpaired) electrons. The molecule has 1 aromatic rings. The van der Waals surface area contributed by atoms with Crippen molar-refractivity contribution in [3.05, 3.63) is 35.1 Å². The molecule has 3 nitrogen and oxygen atoms in total. The summed E-state index contributed by atoms with van der Waals surface area (Å²) in [6.07, 6.45) is 1.14. The molecule has 1 amide bonds. The first kappa shape index (κ1) is 12.4. The third kappa shape index (κ3) is 1.92. The van der Waals surface area contributed by atoms with Crippen LogP contribution in [0.5, 0.6) is 0 Å². The highest BCUT2D eigenvalue weighted by atomic mass is 19.2. The molecule has 0 aromatic heterocycles. The third-order valence-electron chi connectivity index (χ3n) is 2.93. The second-order valence-electron chi connectivity index (χ2n) is 4.01. The number of hydrogen-bond donors (Lipinski definition) is 0. The molecule has 1 saturated heterocycles. The summed E-state index contributed by atoms with van der Waals surface area (Å²) in [6.45, 7) is 0.315. The molecule has 1 heterocycles. The van der Waals surface area contributed by atoms with E-state index < -0.39 is 35.0 Å². The second kappa shape index (κ2) is 4.69. The molecule has 18 heavy (non-hydrogen) atoms. The van der Waals surface area contributed by atoms with Crippen molar-refractivity contribution in [1.82, 2.24) is 4.90 Å². The van der Waals surface area contributed by atoms with Crippen LogP contribution in [0, 0.1) is 28.8 Å². The topological polar surface area (TPSA) is 44.1 Å². The molecule has 0 bridgehead atoms. The van der Waals surface area contributed by atoms with Crippen molar-refractivity contribution in [2.24, 2.45) is 0 Å². The van der Waals surface area contributed by atoms with Gasteiger partial charge in [-0.3, -0.25) is 4.79 Å². The first-order valence-corrected chi connectivity index (χ1v) is 5.40. The van der Waals surface area contributed by atoms with E-state index in [0.29, 0.717) is 25.5 Å². The van der Waals surface area contributed by atoms with Gasteiger partial charge in [0.2, 0.25) is 0 Å². The van der Waals surface area contributed by atoms with Gasteiger partial charge in [0, 0.05) is 6.54 Å². The Morgan fingerprint density at radius 1 is 1.33 bits per heavy atom. The lowest BCUT2D eigenvalue weighted by Gasteiger charge is -2.19. The Bertz CT molecular complexity index is 539. The molecule has 1 aromatic carbocycles. The monoisotopic (exact) mass is 254 g/mol. The quantitative estimate of drug-likeness (QED) is 0.721. The Morgan fingerprint density at radius 3 is 2.72 bits per heavy atom. The van der Waals surface area contributed by atoms with Crippen LogP contribution in [0.25, 0.3) is 0 Å². The summed E-state index contributed by atoms with van der Waals surface area (Å²) < 4.78 is 39.2. The molecule has 1 atom stereocenters. The molecule has 1 aliphatic rings. The molecule has 0 N–H and O–H groups in total. The minimum absolute atomic E-state index is 0.315. The van der Waals surface area contributed by atoms with Crippen molar-refractivity contribution in [2.45, 2.75) is 18.9 Å². The van der Waals surface area contributed by atoms with Gasteiger partial charge >= 0.3 is 0 Å². The standard InChI is InChI=1S/C12H9F3N2O/c13-9-4-3-8(10(14)11(9)15)12(18)17-5-1-2-7(17)6-16/h3-4,7H,1-2,5H2. The number of benzene rings is 1. The predicted molar refractivity (Wildman–Crippen MR) is 56.0 cm³/mol. The summed E-state index contributed by atoms with van der Waals surface area (Å²) in [5.74, 6) is -5.31. The van der Waals surface area contributed by atoms with Gasteiger partial charge in [0.25, 0.3) is 5.91 Å². The first-order valence-electron chi connectivity index (χ1n) is 5.40. The fraction of sp³-hybridized carbons (Fsp3) is 0.333. The third-order valence-corrected chi connectivity index (χ3v) is 2.93. The zero-order chi connectivity index (χ0) is 13.3. The van der Waals surface area contributed by atoms with Crippen LogP contribution in [0.4, 0.5) is 13.2 Å². The maximum atomic E-state index is 13.5. The van der Waals surface area contributed by atoms with Crippen LogP contribution in [0.15, 0.2) is 12.1 Å². The highest BCUT2D eigenvalue weighted by Crippen LogP contribution is 2.22. The average molecular weight is 254 g/mol. The van der Waals surface area contributed by atoms with E-state index in [1.807, 2.05) is 6.07 Å². The number of likely N-dealkylation sites (tertiary alicyclic amines) is 1. The number of nitriles is 1. The van der Waals surface area contributed by atoms with Crippen LogP contribution in [-0.2, 0) is 0 Å². The average Bonchev–Trinajstić information content (AvgIpc) is 2.83. The Labute approximate surface area is 101 Å². The van der Waals surface area contributed by atoms with E-state index in [1.165, 1.54) is 4.90 Å². The zero-order valence-electron chi connectivity index (χ0n) is 9.29. The summed E-state index contributed by atoms with van der Waals surface area (Å²) in [5, 5.41) is 8.83. The van der Waals surface area contributed by atoms with Crippen LogP contribution in [0.2, 0.25) is 0 Å². The molecule has 2 rings (SSSR count). The lowest BCUT2D eigenvalue weighted by molar-refractivity contribution is 0.0758. The largest absolute Gasteiger partial charge is 0.323 e. The second-order valence-corrected chi connectivity index (χ2v) is 4.01. The maximum absolute atomic E-state index is 13.5. The molecular weight excluding hydrogens is 245 g/mol. The van der Waals surface area contributed by atoms with Gasteiger partial charge in [-0.05, 0) is 25.0 Å². The Balaban J connectivity index is 2.35. The fourth-order valence-electron chi connectivity index (χ4n) is 1.99. The van der Waals surface area contributed by atoms with Crippen LogP contribution >= 0.6 is 0 Å². The summed E-state index contributed by atoms with van der Waals surface area (Å²) in [7, 11) is 0. The Kier molecular flexibility index (Phi) is 3.24. The van der Waals surface area contributed by atoms with Crippen molar-refractivity contribution < 1.29 is 18.0 Å². The molecule has 0 aliphatic carbocycles. The van der Waals surface area contributed by atoms with Gasteiger partial charge in [-0.15, -0.1) is 0 Å². The predicted octanol–water partition coefficient (Wildman–Crippen LogP) is 2.23. The zero-order valence-corrected chi connectivity index (χ0v) is 9.29. The molecule has 1 fully saturated rings. The molecular formula is C12H9F3N2O. The lowest BCUT2D eigenvalue weighted by Crippen LogP contribution is -2.35. The van der Waals surface area contributed by atoms with E-state index in [2.05, 4.69) is 0 Å². The Hall–Kier alpha value is -2.03. The van der Waals surface area contributed by atoms with Crippen molar-refractivity contribution in [1.29, 1.82) is 5.26 Å². The number of carbonyl (C=O) groups is 1. The molecule has 0 spiro atoms. The number of hydrogen-bond acceptors (Lipinski definition) is 2. The molecule has 1 unspecified atom stereocenters. The molecule has 0 saturated carbocycles.